The molecule has 110 valence electrons. The molecule has 1 heterocycles. The van der Waals surface area contributed by atoms with Crippen LogP contribution in [0.3, 0.4) is 0 Å². The molecule has 0 aliphatic rings. The lowest BCUT2D eigenvalue weighted by Gasteiger charge is -2.21. The van der Waals surface area contributed by atoms with Crippen LogP contribution in [0.2, 0.25) is 0 Å². The molecule has 6 nitrogen and oxygen atoms in total. The average molecular weight is 298 g/mol. The number of carbonyl (C=O) groups is 3. The van der Waals surface area contributed by atoms with Gasteiger partial charge in [-0.3, -0.25) is 14.4 Å². The van der Waals surface area contributed by atoms with Crippen molar-refractivity contribution >= 4 is 29.1 Å². The smallest absolute Gasteiger partial charge is 0.305 e. The van der Waals surface area contributed by atoms with Gasteiger partial charge < -0.3 is 15.3 Å². The molecule has 1 aromatic heterocycles. The first-order valence-corrected chi connectivity index (χ1v) is 7.17. The molecule has 2 amide bonds. The van der Waals surface area contributed by atoms with Crippen molar-refractivity contribution in [3.8, 4) is 0 Å². The second kappa shape index (κ2) is 8.31. The number of thiophene rings is 1. The van der Waals surface area contributed by atoms with Crippen LogP contribution >= 0.6 is 11.3 Å². The number of carboxylic acids is 1. The summed E-state index contributed by atoms with van der Waals surface area (Å²) in [6, 6.07) is 3.50. The predicted octanol–water partition coefficient (Wildman–Crippen LogP) is 1.19. The summed E-state index contributed by atoms with van der Waals surface area (Å²) in [6.07, 6.45) is 0.508. The lowest BCUT2D eigenvalue weighted by molar-refractivity contribution is -0.137. The highest BCUT2D eigenvalue weighted by molar-refractivity contribution is 7.12. The van der Waals surface area contributed by atoms with E-state index in [-0.39, 0.29) is 24.8 Å². The molecule has 0 unspecified atom stereocenters. The van der Waals surface area contributed by atoms with Crippen LogP contribution in [0.15, 0.2) is 17.5 Å². The Hall–Kier alpha value is -1.89. The average Bonchev–Trinajstić information content (AvgIpc) is 2.90. The molecule has 0 spiro atoms. The van der Waals surface area contributed by atoms with Crippen LogP contribution in [0, 0.1) is 0 Å². The Morgan fingerprint density at radius 2 is 2.10 bits per heavy atom. The molecule has 0 saturated heterocycles. The van der Waals surface area contributed by atoms with Gasteiger partial charge in [0, 0.05) is 26.6 Å². The number of rotatable bonds is 8. The van der Waals surface area contributed by atoms with E-state index in [1.54, 1.807) is 17.5 Å². The molecular formula is C13H18N2O4S. The molecule has 1 rings (SSSR count). The topological polar surface area (TPSA) is 86.7 Å². The van der Waals surface area contributed by atoms with Gasteiger partial charge in [0.1, 0.15) is 0 Å². The monoisotopic (exact) mass is 298 g/mol. The van der Waals surface area contributed by atoms with Crippen molar-refractivity contribution in [1.29, 1.82) is 0 Å². The number of aliphatic carboxylic acids is 1. The fourth-order valence-corrected chi connectivity index (χ4v) is 2.33. The van der Waals surface area contributed by atoms with E-state index in [1.807, 2.05) is 0 Å². The summed E-state index contributed by atoms with van der Waals surface area (Å²) in [7, 11) is 0. The highest BCUT2D eigenvalue weighted by Crippen LogP contribution is 2.12. The van der Waals surface area contributed by atoms with Crippen LogP contribution in [0.4, 0.5) is 0 Å². The normalized spacial score (nSPS) is 10.1. The van der Waals surface area contributed by atoms with E-state index in [2.05, 4.69) is 5.32 Å². The van der Waals surface area contributed by atoms with Gasteiger partial charge in [0.25, 0.3) is 5.91 Å². The second-order valence-electron chi connectivity index (χ2n) is 4.25. The van der Waals surface area contributed by atoms with E-state index in [0.717, 1.165) is 0 Å². The van der Waals surface area contributed by atoms with E-state index < -0.39 is 5.97 Å². The van der Waals surface area contributed by atoms with E-state index in [4.69, 9.17) is 5.11 Å². The predicted molar refractivity (Wildman–Crippen MR) is 75.8 cm³/mol. The van der Waals surface area contributed by atoms with Gasteiger partial charge in [-0.05, 0) is 17.9 Å². The zero-order chi connectivity index (χ0) is 15.0. The van der Waals surface area contributed by atoms with Crippen molar-refractivity contribution in [3.63, 3.8) is 0 Å². The Labute approximate surface area is 121 Å². The molecular weight excluding hydrogens is 280 g/mol. The molecule has 1 aromatic rings. The SMILES string of the molecule is CC(=O)NCCCN(CCC(=O)O)C(=O)c1cccs1. The summed E-state index contributed by atoms with van der Waals surface area (Å²) in [5.41, 5.74) is 0. The molecule has 0 saturated carbocycles. The zero-order valence-corrected chi connectivity index (χ0v) is 12.1. The third-order valence-electron chi connectivity index (χ3n) is 2.59. The third-order valence-corrected chi connectivity index (χ3v) is 3.45. The lowest BCUT2D eigenvalue weighted by Crippen LogP contribution is -2.35. The van der Waals surface area contributed by atoms with Gasteiger partial charge in [-0.2, -0.15) is 0 Å². The molecule has 0 bridgehead atoms. The van der Waals surface area contributed by atoms with E-state index >= 15 is 0 Å². The lowest BCUT2D eigenvalue weighted by atomic mass is 10.3. The number of nitrogens with zero attached hydrogens (tertiary/aromatic N) is 1. The van der Waals surface area contributed by atoms with Gasteiger partial charge >= 0.3 is 5.97 Å². The molecule has 0 radical (unpaired) electrons. The fourth-order valence-electron chi connectivity index (χ4n) is 1.64. The maximum Gasteiger partial charge on any atom is 0.305 e. The Kier molecular flexibility index (Phi) is 6.72. The van der Waals surface area contributed by atoms with Crippen molar-refractivity contribution in [2.45, 2.75) is 19.8 Å². The molecule has 0 fully saturated rings. The number of hydrogen-bond acceptors (Lipinski definition) is 4. The van der Waals surface area contributed by atoms with E-state index in [1.165, 1.54) is 23.2 Å². The first kappa shape index (κ1) is 16.2. The molecule has 2 N–H and O–H groups in total. The van der Waals surface area contributed by atoms with Crippen molar-refractivity contribution in [2.75, 3.05) is 19.6 Å². The van der Waals surface area contributed by atoms with Gasteiger partial charge in [-0.25, -0.2) is 0 Å². The minimum Gasteiger partial charge on any atom is -0.481 e. The molecule has 0 aliphatic carbocycles. The quantitative estimate of drug-likeness (QED) is 0.706. The van der Waals surface area contributed by atoms with Gasteiger partial charge in [-0.1, -0.05) is 6.07 Å². The van der Waals surface area contributed by atoms with Crippen molar-refractivity contribution < 1.29 is 19.5 Å². The highest BCUT2D eigenvalue weighted by Gasteiger charge is 2.17. The van der Waals surface area contributed by atoms with Gasteiger partial charge in [0.15, 0.2) is 0 Å². The van der Waals surface area contributed by atoms with Crippen LogP contribution in [-0.2, 0) is 9.59 Å². The molecule has 0 atom stereocenters. The summed E-state index contributed by atoms with van der Waals surface area (Å²) >= 11 is 1.33. The molecule has 0 aliphatic heterocycles. The van der Waals surface area contributed by atoms with E-state index in [9.17, 15) is 14.4 Å². The summed E-state index contributed by atoms with van der Waals surface area (Å²) in [6.45, 7) is 2.49. The minimum absolute atomic E-state index is 0.0861. The number of carboxylic acid groups (broad SMARTS) is 1. The highest BCUT2D eigenvalue weighted by atomic mass is 32.1. The van der Waals surface area contributed by atoms with Crippen LogP contribution in [0.1, 0.15) is 29.4 Å². The molecule has 0 aromatic carbocycles. The fraction of sp³-hybridized carbons (Fsp3) is 0.462. The zero-order valence-electron chi connectivity index (χ0n) is 11.3. The Morgan fingerprint density at radius 3 is 2.65 bits per heavy atom. The summed E-state index contributed by atoms with van der Waals surface area (Å²) in [5.74, 6) is -1.22. The van der Waals surface area contributed by atoms with Gasteiger partial charge in [0.2, 0.25) is 5.91 Å². The molecule has 20 heavy (non-hydrogen) atoms. The first-order valence-electron chi connectivity index (χ1n) is 6.29. The molecule has 7 heteroatoms. The van der Waals surface area contributed by atoms with Crippen LogP contribution < -0.4 is 5.32 Å². The minimum atomic E-state index is -0.934. The maximum atomic E-state index is 12.2. The summed E-state index contributed by atoms with van der Waals surface area (Å²) < 4.78 is 0. The Morgan fingerprint density at radius 1 is 1.35 bits per heavy atom. The van der Waals surface area contributed by atoms with E-state index in [0.29, 0.717) is 24.4 Å². The van der Waals surface area contributed by atoms with Crippen LogP contribution in [-0.4, -0.2) is 47.4 Å². The van der Waals surface area contributed by atoms with Gasteiger partial charge in [0.05, 0.1) is 11.3 Å². The standard InChI is InChI=1S/C13H18N2O4S/c1-10(16)14-6-3-7-15(8-5-12(17)18)13(19)11-4-2-9-20-11/h2,4,9H,3,5-8H2,1H3,(H,14,16)(H,17,18). The second-order valence-corrected chi connectivity index (χ2v) is 5.20. The van der Waals surface area contributed by atoms with Crippen LogP contribution in [0.5, 0.6) is 0 Å². The third kappa shape index (κ3) is 5.83. The van der Waals surface area contributed by atoms with Crippen molar-refractivity contribution in [2.24, 2.45) is 0 Å². The number of hydrogen-bond donors (Lipinski definition) is 2. The van der Waals surface area contributed by atoms with Gasteiger partial charge in [-0.15, -0.1) is 11.3 Å². The van der Waals surface area contributed by atoms with Crippen molar-refractivity contribution in [1.82, 2.24) is 10.2 Å². The number of nitrogens with one attached hydrogen (secondary N) is 1. The van der Waals surface area contributed by atoms with Crippen molar-refractivity contribution in [3.05, 3.63) is 22.4 Å². The first-order chi connectivity index (χ1) is 9.50. The Bertz CT molecular complexity index is 459. The summed E-state index contributed by atoms with van der Waals surface area (Å²) in [4.78, 5) is 35.7. The van der Waals surface area contributed by atoms with Crippen LogP contribution in [0.25, 0.3) is 0 Å². The maximum absolute atomic E-state index is 12.2. The number of carbonyl (C=O) groups excluding carboxylic acids is 2. The Balaban J connectivity index is 2.53. The number of amides is 2. The largest absolute Gasteiger partial charge is 0.481 e. The summed E-state index contributed by atoms with van der Waals surface area (Å²) in [5, 5.41) is 13.2.